The summed E-state index contributed by atoms with van der Waals surface area (Å²) < 4.78 is 5.76. The fourth-order valence-corrected chi connectivity index (χ4v) is 2.92. The second kappa shape index (κ2) is 7.47. The van der Waals surface area contributed by atoms with Crippen LogP contribution in [0.1, 0.15) is 21.5 Å². The summed E-state index contributed by atoms with van der Waals surface area (Å²) in [5.41, 5.74) is 2.72. The Hall–Kier alpha value is -2.37. The van der Waals surface area contributed by atoms with E-state index in [1.165, 1.54) is 5.56 Å². The second-order valence-electron chi connectivity index (χ2n) is 6.08. The average molecular weight is 327 g/mol. The molecule has 1 aliphatic heterocycles. The van der Waals surface area contributed by atoms with Crippen molar-refractivity contribution in [1.29, 1.82) is 0 Å². The van der Waals surface area contributed by atoms with E-state index >= 15 is 0 Å². The van der Waals surface area contributed by atoms with E-state index in [9.17, 15) is 9.90 Å². The summed E-state index contributed by atoms with van der Waals surface area (Å²) in [5, 5.41) is 18.4. The number of carbonyl (C=O) groups is 1. The lowest BCUT2D eigenvalue weighted by Gasteiger charge is -2.41. The maximum atomic E-state index is 11.1. The smallest absolute Gasteiger partial charge is 0.336 e. The highest BCUT2D eigenvalue weighted by molar-refractivity contribution is 5.90. The van der Waals surface area contributed by atoms with Crippen LogP contribution >= 0.6 is 0 Å². The number of anilines is 1. The first-order valence-electron chi connectivity index (χ1n) is 8.01. The van der Waals surface area contributed by atoms with Gasteiger partial charge in [-0.2, -0.15) is 0 Å². The summed E-state index contributed by atoms with van der Waals surface area (Å²) in [6.45, 7) is 2.83. The van der Waals surface area contributed by atoms with Gasteiger partial charge >= 0.3 is 5.97 Å². The molecule has 0 amide bonds. The third-order valence-corrected chi connectivity index (χ3v) is 4.28. The Morgan fingerprint density at radius 1 is 1.17 bits per heavy atom. The lowest BCUT2D eigenvalue weighted by Crippen LogP contribution is -2.48. The van der Waals surface area contributed by atoms with Crippen LogP contribution in [0.25, 0.3) is 0 Å². The number of aliphatic hydroxyl groups is 1. The highest BCUT2D eigenvalue weighted by atomic mass is 16.5. The molecule has 0 unspecified atom stereocenters. The number of aliphatic hydroxyl groups excluding tert-OH is 1. The van der Waals surface area contributed by atoms with Crippen molar-refractivity contribution in [1.82, 2.24) is 0 Å². The molecule has 0 bridgehead atoms. The summed E-state index contributed by atoms with van der Waals surface area (Å²) in [4.78, 5) is 13.3. The van der Waals surface area contributed by atoms with Gasteiger partial charge in [0.15, 0.2) is 0 Å². The van der Waals surface area contributed by atoms with Crippen LogP contribution in [-0.4, -0.2) is 35.9 Å². The Bertz CT molecular complexity index is 696. The third kappa shape index (κ3) is 3.75. The van der Waals surface area contributed by atoms with E-state index in [2.05, 4.69) is 4.90 Å². The number of nitrogens with zero attached hydrogens (tertiary/aromatic N) is 1. The van der Waals surface area contributed by atoms with E-state index in [0.29, 0.717) is 24.7 Å². The van der Waals surface area contributed by atoms with Crippen molar-refractivity contribution in [2.45, 2.75) is 13.2 Å². The monoisotopic (exact) mass is 327 g/mol. The molecule has 24 heavy (non-hydrogen) atoms. The first-order valence-corrected chi connectivity index (χ1v) is 8.01. The van der Waals surface area contributed by atoms with Crippen molar-refractivity contribution in [3.05, 3.63) is 65.2 Å². The van der Waals surface area contributed by atoms with Gasteiger partial charge in [0.25, 0.3) is 0 Å². The predicted molar refractivity (Wildman–Crippen MR) is 91.1 cm³/mol. The highest BCUT2D eigenvalue weighted by Gasteiger charge is 2.27. The molecule has 0 aromatic heterocycles. The van der Waals surface area contributed by atoms with E-state index in [-0.39, 0.29) is 12.2 Å². The minimum atomic E-state index is -1.01. The number of carboxylic acid groups (broad SMARTS) is 1. The molecule has 5 heteroatoms. The van der Waals surface area contributed by atoms with Gasteiger partial charge in [0.05, 0.1) is 25.4 Å². The molecule has 2 aromatic carbocycles. The maximum Gasteiger partial charge on any atom is 0.336 e. The molecule has 0 saturated carbocycles. The molecule has 2 N–H and O–H groups in total. The van der Waals surface area contributed by atoms with Crippen LogP contribution in [0.5, 0.6) is 0 Å². The van der Waals surface area contributed by atoms with Crippen molar-refractivity contribution in [2.75, 3.05) is 24.6 Å². The molecule has 1 saturated heterocycles. The molecule has 0 atom stereocenters. The summed E-state index contributed by atoms with van der Waals surface area (Å²) in [6.07, 6.45) is 0. The third-order valence-electron chi connectivity index (χ3n) is 4.28. The number of hydrogen-bond acceptors (Lipinski definition) is 4. The van der Waals surface area contributed by atoms with Crippen LogP contribution in [0.3, 0.4) is 0 Å². The lowest BCUT2D eigenvalue weighted by atomic mass is 9.98. The van der Waals surface area contributed by atoms with Crippen molar-refractivity contribution < 1.29 is 19.7 Å². The summed E-state index contributed by atoms with van der Waals surface area (Å²) >= 11 is 0. The Morgan fingerprint density at radius 2 is 1.92 bits per heavy atom. The first kappa shape index (κ1) is 16.5. The van der Waals surface area contributed by atoms with Crippen molar-refractivity contribution in [3.63, 3.8) is 0 Å². The SMILES string of the molecule is O=C(O)c1ccc(N2CC(COCc3ccccc3)C2)cc1CO. The van der Waals surface area contributed by atoms with Crippen molar-refractivity contribution in [2.24, 2.45) is 5.92 Å². The molecule has 126 valence electrons. The molecule has 5 nitrogen and oxygen atoms in total. The fourth-order valence-electron chi connectivity index (χ4n) is 2.92. The van der Waals surface area contributed by atoms with Crippen LogP contribution < -0.4 is 4.90 Å². The quantitative estimate of drug-likeness (QED) is 0.818. The molecule has 2 aromatic rings. The van der Waals surface area contributed by atoms with Gasteiger partial charge in [-0.15, -0.1) is 0 Å². The Balaban J connectivity index is 1.49. The highest BCUT2D eigenvalue weighted by Crippen LogP contribution is 2.27. The predicted octanol–water partition coefficient (Wildman–Crippen LogP) is 2.53. The van der Waals surface area contributed by atoms with Crippen LogP contribution in [0.15, 0.2) is 48.5 Å². The zero-order valence-corrected chi connectivity index (χ0v) is 13.4. The second-order valence-corrected chi connectivity index (χ2v) is 6.08. The molecular weight excluding hydrogens is 306 g/mol. The summed E-state index contributed by atoms with van der Waals surface area (Å²) in [5.74, 6) is -0.535. The minimum absolute atomic E-state index is 0.157. The average Bonchev–Trinajstić information content (AvgIpc) is 2.57. The van der Waals surface area contributed by atoms with Crippen LogP contribution in [0.2, 0.25) is 0 Å². The maximum absolute atomic E-state index is 11.1. The fraction of sp³-hybridized carbons (Fsp3) is 0.316. The lowest BCUT2D eigenvalue weighted by molar-refractivity contribution is 0.0693. The standard InChI is InChI=1S/C19H21NO4/c21-11-16-8-17(6-7-18(16)19(22)23)20-9-15(10-20)13-24-12-14-4-2-1-3-5-14/h1-8,15,21H,9-13H2,(H,22,23). The van der Waals surface area contributed by atoms with Crippen molar-refractivity contribution >= 4 is 11.7 Å². The number of benzene rings is 2. The van der Waals surface area contributed by atoms with E-state index in [1.807, 2.05) is 30.3 Å². The first-order chi connectivity index (χ1) is 11.7. The number of carboxylic acids is 1. The zero-order chi connectivity index (χ0) is 16.9. The van der Waals surface area contributed by atoms with Crippen LogP contribution in [0.4, 0.5) is 5.69 Å². The molecule has 0 spiro atoms. The van der Waals surface area contributed by atoms with Gasteiger partial charge in [-0.1, -0.05) is 30.3 Å². The number of aromatic carboxylic acids is 1. The van der Waals surface area contributed by atoms with Gasteiger partial charge in [-0.05, 0) is 29.3 Å². The Labute approximate surface area is 141 Å². The van der Waals surface area contributed by atoms with Gasteiger partial charge < -0.3 is 19.8 Å². The van der Waals surface area contributed by atoms with Gasteiger partial charge in [0, 0.05) is 24.7 Å². The normalized spacial score (nSPS) is 14.5. The Kier molecular flexibility index (Phi) is 5.13. The van der Waals surface area contributed by atoms with Crippen LogP contribution in [-0.2, 0) is 18.0 Å². The van der Waals surface area contributed by atoms with Crippen molar-refractivity contribution in [3.8, 4) is 0 Å². The van der Waals surface area contributed by atoms with Gasteiger partial charge in [0.1, 0.15) is 0 Å². The van der Waals surface area contributed by atoms with Gasteiger partial charge in [0.2, 0.25) is 0 Å². The molecular formula is C19H21NO4. The molecule has 1 fully saturated rings. The van der Waals surface area contributed by atoms with E-state index in [4.69, 9.17) is 9.84 Å². The zero-order valence-electron chi connectivity index (χ0n) is 13.4. The van der Waals surface area contributed by atoms with Gasteiger partial charge in [-0.25, -0.2) is 4.79 Å². The Morgan fingerprint density at radius 3 is 2.58 bits per heavy atom. The van der Waals surface area contributed by atoms with E-state index in [0.717, 1.165) is 18.8 Å². The molecule has 3 rings (SSSR count). The van der Waals surface area contributed by atoms with Crippen LogP contribution in [0, 0.1) is 5.92 Å². The number of rotatable bonds is 7. The molecule has 1 heterocycles. The topological polar surface area (TPSA) is 70.0 Å². The van der Waals surface area contributed by atoms with Gasteiger partial charge in [-0.3, -0.25) is 0 Å². The largest absolute Gasteiger partial charge is 0.478 e. The molecule has 0 aliphatic carbocycles. The number of hydrogen-bond donors (Lipinski definition) is 2. The van der Waals surface area contributed by atoms with E-state index < -0.39 is 5.97 Å². The summed E-state index contributed by atoms with van der Waals surface area (Å²) in [7, 11) is 0. The molecule has 0 radical (unpaired) electrons. The summed E-state index contributed by atoms with van der Waals surface area (Å²) in [6, 6.07) is 15.2. The molecule has 1 aliphatic rings. The minimum Gasteiger partial charge on any atom is -0.478 e. The number of ether oxygens (including phenoxy) is 1. The van der Waals surface area contributed by atoms with E-state index in [1.54, 1.807) is 18.2 Å².